The van der Waals surface area contributed by atoms with Crippen molar-refractivity contribution >= 4 is 55.6 Å². The molecule has 22 heavy (non-hydrogen) atoms. The number of aromatic nitrogens is 1. The number of carbonyl (C=O) groups excluding carboxylic acids is 1. The van der Waals surface area contributed by atoms with Crippen LogP contribution in [0.15, 0.2) is 36.4 Å². The maximum Gasteiger partial charge on any atom is 0.348 e. The maximum atomic E-state index is 11.9. The number of carbonyl (C=O) groups is 1. The molecule has 0 atom stereocenters. The molecule has 112 valence electrons. The number of para-hydroxylation sites is 1. The minimum absolute atomic E-state index is 0.0830. The highest BCUT2D eigenvalue weighted by Gasteiger charge is 2.32. The van der Waals surface area contributed by atoms with Crippen molar-refractivity contribution in [2.45, 2.75) is 6.10 Å². The molecule has 0 unspecified atom stereocenters. The predicted molar refractivity (Wildman–Crippen MR) is 90.4 cm³/mol. The minimum Gasteiger partial charge on any atom is -0.454 e. The third kappa shape index (κ3) is 2.58. The molecule has 1 aliphatic heterocycles. The second kappa shape index (κ2) is 5.53. The molecule has 0 bridgehead atoms. The Morgan fingerprint density at radius 1 is 1.23 bits per heavy atom. The number of benzene rings is 1. The Labute approximate surface area is 139 Å². The van der Waals surface area contributed by atoms with E-state index in [4.69, 9.17) is 16.3 Å². The molecule has 1 fully saturated rings. The lowest BCUT2D eigenvalue weighted by Gasteiger charge is -2.38. The molecule has 2 aromatic heterocycles. The third-order valence-electron chi connectivity index (χ3n) is 3.45. The normalized spacial score (nSPS) is 15.0. The lowest BCUT2D eigenvalue weighted by molar-refractivity contribution is 0.0240. The molecule has 0 radical (unpaired) electrons. The number of fused-ring (bicyclic) bond motifs is 1. The molecule has 7 heteroatoms. The van der Waals surface area contributed by atoms with Gasteiger partial charge in [-0.15, -0.1) is 11.3 Å². The Morgan fingerprint density at radius 2 is 2.05 bits per heavy atom. The molecule has 0 spiro atoms. The summed E-state index contributed by atoms with van der Waals surface area (Å²) < 4.78 is 7.23. The van der Waals surface area contributed by atoms with Gasteiger partial charge in [-0.1, -0.05) is 35.1 Å². The van der Waals surface area contributed by atoms with Crippen molar-refractivity contribution in [3.63, 3.8) is 0 Å². The van der Waals surface area contributed by atoms with E-state index in [1.165, 1.54) is 16.0 Å². The largest absolute Gasteiger partial charge is 0.454 e. The van der Waals surface area contributed by atoms with Gasteiger partial charge in [-0.3, -0.25) is 0 Å². The Kier molecular flexibility index (Phi) is 3.52. The van der Waals surface area contributed by atoms with Crippen LogP contribution >= 0.6 is 34.3 Å². The van der Waals surface area contributed by atoms with Crippen LogP contribution in [0.25, 0.3) is 10.2 Å². The standard InChI is InChI=1S/C15H11ClN2O2S2/c16-13-6-5-12(21-13)14(19)20-9-7-18(8-9)15-17-10-3-1-2-4-11(10)22-15/h1-6,9H,7-8H2. The van der Waals surface area contributed by atoms with Crippen molar-refractivity contribution in [2.24, 2.45) is 0 Å². The van der Waals surface area contributed by atoms with Crippen LogP contribution in [0.5, 0.6) is 0 Å². The van der Waals surface area contributed by atoms with E-state index in [1.54, 1.807) is 23.5 Å². The van der Waals surface area contributed by atoms with Crippen LogP contribution in [0.2, 0.25) is 4.34 Å². The van der Waals surface area contributed by atoms with Gasteiger partial charge in [0.15, 0.2) is 5.13 Å². The summed E-state index contributed by atoms with van der Waals surface area (Å²) in [6.45, 7) is 1.37. The fourth-order valence-electron chi connectivity index (χ4n) is 2.30. The fourth-order valence-corrected chi connectivity index (χ4v) is 4.21. The molecule has 0 N–H and O–H groups in total. The second-order valence-electron chi connectivity index (χ2n) is 5.00. The summed E-state index contributed by atoms with van der Waals surface area (Å²) in [5.74, 6) is -0.300. The molecule has 1 aromatic carbocycles. The van der Waals surface area contributed by atoms with Crippen LogP contribution < -0.4 is 4.90 Å². The molecule has 3 aromatic rings. The van der Waals surface area contributed by atoms with Gasteiger partial charge < -0.3 is 9.64 Å². The van der Waals surface area contributed by atoms with Gasteiger partial charge in [-0.05, 0) is 24.3 Å². The van der Waals surface area contributed by atoms with Gasteiger partial charge in [0.2, 0.25) is 0 Å². The van der Waals surface area contributed by atoms with Gasteiger partial charge in [-0.25, -0.2) is 9.78 Å². The van der Waals surface area contributed by atoms with Gasteiger partial charge in [0.1, 0.15) is 11.0 Å². The highest BCUT2D eigenvalue weighted by atomic mass is 35.5. The van der Waals surface area contributed by atoms with Crippen molar-refractivity contribution in [1.29, 1.82) is 0 Å². The lowest BCUT2D eigenvalue weighted by Crippen LogP contribution is -2.53. The van der Waals surface area contributed by atoms with E-state index < -0.39 is 0 Å². The third-order valence-corrected chi connectivity index (χ3v) is 5.76. The summed E-state index contributed by atoms with van der Waals surface area (Å²) in [5, 5.41) is 0.979. The molecule has 4 rings (SSSR count). The van der Waals surface area contributed by atoms with Crippen molar-refractivity contribution in [3.8, 4) is 0 Å². The lowest BCUT2D eigenvalue weighted by atomic mass is 10.2. The zero-order valence-corrected chi connectivity index (χ0v) is 13.7. The van der Waals surface area contributed by atoms with Crippen LogP contribution in [0.4, 0.5) is 5.13 Å². The van der Waals surface area contributed by atoms with Crippen molar-refractivity contribution in [3.05, 3.63) is 45.6 Å². The summed E-state index contributed by atoms with van der Waals surface area (Å²) in [6.07, 6.45) is -0.0830. The first-order valence-corrected chi connectivity index (χ1v) is 8.77. The number of nitrogens with zero attached hydrogens (tertiary/aromatic N) is 2. The summed E-state index contributed by atoms with van der Waals surface area (Å²) >= 11 is 8.73. The first kappa shape index (κ1) is 14.0. The predicted octanol–water partition coefficient (Wildman–Crippen LogP) is 4.06. The first-order valence-electron chi connectivity index (χ1n) is 6.76. The van der Waals surface area contributed by atoms with Gasteiger partial charge in [0.25, 0.3) is 0 Å². The van der Waals surface area contributed by atoms with Crippen LogP contribution in [-0.2, 0) is 4.74 Å². The molecule has 4 nitrogen and oxygen atoms in total. The molecule has 0 aliphatic carbocycles. The Balaban J connectivity index is 1.38. The maximum absolute atomic E-state index is 11.9. The zero-order valence-electron chi connectivity index (χ0n) is 11.4. The van der Waals surface area contributed by atoms with E-state index in [0.29, 0.717) is 22.3 Å². The van der Waals surface area contributed by atoms with E-state index in [1.807, 2.05) is 18.2 Å². The highest BCUT2D eigenvalue weighted by Crippen LogP contribution is 2.32. The molecule has 3 heterocycles. The van der Waals surface area contributed by atoms with E-state index in [-0.39, 0.29) is 12.1 Å². The molecule has 1 saturated heterocycles. The second-order valence-corrected chi connectivity index (χ2v) is 7.72. The SMILES string of the molecule is O=C(OC1CN(c2nc3ccccc3s2)C1)c1ccc(Cl)s1. The number of hydrogen-bond acceptors (Lipinski definition) is 6. The van der Waals surface area contributed by atoms with Crippen LogP contribution in [0.3, 0.4) is 0 Å². The summed E-state index contributed by atoms with van der Waals surface area (Å²) in [6, 6.07) is 11.5. The van der Waals surface area contributed by atoms with Gasteiger partial charge in [-0.2, -0.15) is 0 Å². The van der Waals surface area contributed by atoms with Crippen LogP contribution in [-0.4, -0.2) is 30.1 Å². The quantitative estimate of drug-likeness (QED) is 0.668. The number of esters is 1. The Hall–Kier alpha value is -1.63. The summed E-state index contributed by atoms with van der Waals surface area (Å²) in [5.41, 5.74) is 1.01. The molecule has 0 amide bonds. The average molecular weight is 351 g/mol. The number of thiophene rings is 1. The number of rotatable bonds is 3. The Bertz CT molecular complexity index is 806. The molecule has 1 aliphatic rings. The summed E-state index contributed by atoms with van der Waals surface area (Å²) in [4.78, 5) is 19.2. The van der Waals surface area contributed by atoms with Crippen molar-refractivity contribution in [2.75, 3.05) is 18.0 Å². The number of anilines is 1. The first-order chi connectivity index (χ1) is 10.7. The average Bonchev–Trinajstić information content (AvgIpc) is 3.07. The van der Waals surface area contributed by atoms with Gasteiger partial charge >= 0.3 is 5.97 Å². The highest BCUT2D eigenvalue weighted by molar-refractivity contribution is 7.22. The van der Waals surface area contributed by atoms with Crippen LogP contribution in [0.1, 0.15) is 9.67 Å². The molecule has 0 saturated carbocycles. The van der Waals surface area contributed by atoms with Gasteiger partial charge in [0, 0.05) is 0 Å². The minimum atomic E-state index is -0.300. The van der Waals surface area contributed by atoms with Gasteiger partial charge in [0.05, 0.1) is 27.6 Å². The van der Waals surface area contributed by atoms with E-state index in [0.717, 1.165) is 10.6 Å². The van der Waals surface area contributed by atoms with E-state index in [9.17, 15) is 4.79 Å². The molecular formula is C15H11ClN2O2S2. The number of thiazole rings is 1. The Morgan fingerprint density at radius 3 is 2.77 bits per heavy atom. The smallest absolute Gasteiger partial charge is 0.348 e. The summed E-state index contributed by atoms with van der Waals surface area (Å²) in [7, 11) is 0. The molecular weight excluding hydrogens is 340 g/mol. The van der Waals surface area contributed by atoms with Crippen LogP contribution in [0, 0.1) is 0 Å². The van der Waals surface area contributed by atoms with Crippen molar-refractivity contribution < 1.29 is 9.53 Å². The monoisotopic (exact) mass is 350 g/mol. The zero-order chi connectivity index (χ0) is 15.1. The number of ether oxygens (including phenoxy) is 1. The number of hydrogen-bond donors (Lipinski definition) is 0. The van der Waals surface area contributed by atoms with Crippen molar-refractivity contribution in [1.82, 2.24) is 4.98 Å². The van der Waals surface area contributed by atoms with E-state index in [2.05, 4.69) is 16.0 Å². The van der Waals surface area contributed by atoms with E-state index >= 15 is 0 Å². The topological polar surface area (TPSA) is 42.4 Å². The fraction of sp³-hybridized carbons (Fsp3) is 0.200. The number of halogens is 1.